The second-order valence-corrected chi connectivity index (χ2v) is 7.01. The predicted molar refractivity (Wildman–Crippen MR) is 106 cm³/mol. The van der Waals surface area contributed by atoms with Crippen LogP contribution in [0.25, 0.3) is 11.1 Å². The highest BCUT2D eigenvalue weighted by Crippen LogP contribution is 2.24. The molecule has 1 aliphatic heterocycles. The lowest BCUT2D eigenvalue weighted by molar-refractivity contribution is -0.149. The normalized spacial score (nSPS) is 16.9. The summed E-state index contributed by atoms with van der Waals surface area (Å²) >= 11 is 0. The van der Waals surface area contributed by atoms with Crippen LogP contribution in [0.1, 0.15) is 24.0 Å². The van der Waals surface area contributed by atoms with Crippen molar-refractivity contribution >= 4 is 11.9 Å². The van der Waals surface area contributed by atoms with Gasteiger partial charge in [-0.1, -0.05) is 42.5 Å². The Bertz CT molecular complexity index is 896. The van der Waals surface area contributed by atoms with Crippen molar-refractivity contribution < 1.29 is 14.7 Å². The first-order valence-electron chi connectivity index (χ1n) is 9.32. The Balaban J connectivity index is 1.76. The van der Waals surface area contributed by atoms with Gasteiger partial charge in [0.05, 0.1) is 17.7 Å². The summed E-state index contributed by atoms with van der Waals surface area (Å²) in [6, 6.07) is 15.8. The average Bonchev–Trinajstić information content (AvgIpc) is 3.26. The number of nitrogens with zero attached hydrogens (tertiary/aromatic N) is 2. The molecule has 3 rings (SSSR count). The van der Waals surface area contributed by atoms with Crippen molar-refractivity contribution in [2.45, 2.75) is 31.3 Å². The Morgan fingerprint density at radius 1 is 1.25 bits per heavy atom. The number of carbonyl (C=O) groups is 2. The van der Waals surface area contributed by atoms with E-state index < -0.39 is 12.0 Å². The number of carbonyl (C=O) groups excluding carboxylic acids is 1. The molecule has 2 N–H and O–H groups in total. The minimum absolute atomic E-state index is 0.176. The zero-order valence-electron chi connectivity index (χ0n) is 15.8. The highest BCUT2D eigenvalue weighted by molar-refractivity contribution is 5.87. The summed E-state index contributed by atoms with van der Waals surface area (Å²) in [6.07, 6.45) is 1.89. The lowest BCUT2D eigenvalue weighted by Gasteiger charge is -2.27. The fourth-order valence-corrected chi connectivity index (χ4v) is 3.56. The second-order valence-electron chi connectivity index (χ2n) is 7.01. The Morgan fingerprint density at radius 2 is 1.96 bits per heavy atom. The SMILES string of the molecule is CN(C(=O)C1CCCN1)[C@@H](Cc1ccc(-c2ccccc2C#N)cc1)C(=O)O. The maximum Gasteiger partial charge on any atom is 0.326 e. The van der Waals surface area contributed by atoms with Gasteiger partial charge in [-0.05, 0) is 42.1 Å². The van der Waals surface area contributed by atoms with Crippen molar-refractivity contribution in [2.24, 2.45) is 0 Å². The standard InChI is InChI=1S/C22H23N3O3/c1-25(21(26)19-7-4-12-24-19)20(22(27)28)13-15-8-10-16(11-9-15)18-6-3-2-5-17(18)14-23/h2-3,5-6,8-11,19-20,24H,4,7,12-13H2,1H3,(H,27,28)/t19?,20-/m0/s1. The van der Waals surface area contributed by atoms with Crippen LogP contribution >= 0.6 is 0 Å². The van der Waals surface area contributed by atoms with Gasteiger partial charge in [-0.3, -0.25) is 4.79 Å². The molecular formula is C22H23N3O3. The van der Waals surface area contributed by atoms with E-state index in [0.717, 1.165) is 36.1 Å². The molecule has 6 heteroatoms. The van der Waals surface area contributed by atoms with Crippen LogP contribution in [0.2, 0.25) is 0 Å². The number of hydrogen-bond donors (Lipinski definition) is 2. The first kappa shape index (κ1) is 19.6. The molecular weight excluding hydrogens is 354 g/mol. The third-order valence-electron chi connectivity index (χ3n) is 5.20. The van der Waals surface area contributed by atoms with E-state index in [0.29, 0.717) is 5.56 Å². The first-order chi connectivity index (χ1) is 13.5. The molecule has 6 nitrogen and oxygen atoms in total. The topological polar surface area (TPSA) is 93.4 Å². The predicted octanol–water partition coefficient (Wildman–Crippen LogP) is 2.43. The van der Waals surface area contributed by atoms with Gasteiger partial charge in [0.1, 0.15) is 6.04 Å². The van der Waals surface area contributed by atoms with Crippen LogP contribution < -0.4 is 5.32 Å². The molecule has 2 aromatic rings. The first-order valence-corrected chi connectivity index (χ1v) is 9.32. The number of nitrogens with one attached hydrogen (secondary N) is 1. The second kappa shape index (κ2) is 8.68. The number of likely N-dealkylation sites (N-methyl/N-ethyl adjacent to an activating group) is 1. The lowest BCUT2D eigenvalue weighted by Crippen LogP contribution is -2.50. The number of hydrogen-bond acceptors (Lipinski definition) is 4. The van der Waals surface area contributed by atoms with Gasteiger partial charge in [0.2, 0.25) is 5.91 Å². The minimum atomic E-state index is -1.02. The Kier molecular flexibility index (Phi) is 6.07. The van der Waals surface area contributed by atoms with Crippen LogP contribution in [0.4, 0.5) is 0 Å². The highest BCUT2D eigenvalue weighted by atomic mass is 16.4. The summed E-state index contributed by atoms with van der Waals surface area (Å²) in [7, 11) is 1.55. The summed E-state index contributed by atoms with van der Waals surface area (Å²) in [6.45, 7) is 0.785. The molecule has 0 aromatic heterocycles. The van der Waals surface area contributed by atoms with Crippen LogP contribution in [0.15, 0.2) is 48.5 Å². The van der Waals surface area contributed by atoms with E-state index in [9.17, 15) is 20.0 Å². The van der Waals surface area contributed by atoms with Gasteiger partial charge >= 0.3 is 5.97 Å². The quantitative estimate of drug-likeness (QED) is 0.806. The number of carboxylic acid groups (broad SMARTS) is 1. The van der Waals surface area contributed by atoms with Crippen molar-refractivity contribution in [3.05, 3.63) is 59.7 Å². The molecule has 1 fully saturated rings. The summed E-state index contributed by atoms with van der Waals surface area (Å²) in [5, 5.41) is 22.0. The van der Waals surface area contributed by atoms with Crippen LogP contribution in [0, 0.1) is 11.3 Å². The monoisotopic (exact) mass is 377 g/mol. The molecule has 1 saturated heterocycles. The summed E-state index contributed by atoms with van der Waals surface area (Å²) in [4.78, 5) is 25.7. The molecule has 2 aromatic carbocycles. The van der Waals surface area contributed by atoms with E-state index in [1.165, 1.54) is 4.90 Å². The van der Waals surface area contributed by atoms with Crippen molar-refractivity contribution in [3.8, 4) is 17.2 Å². The fourth-order valence-electron chi connectivity index (χ4n) is 3.56. The smallest absolute Gasteiger partial charge is 0.326 e. The fraction of sp³-hybridized carbons (Fsp3) is 0.318. The minimum Gasteiger partial charge on any atom is -0.480 e. The molecule has 1 heterocycles. The van der Waals surface area contributed by atoms with E-state index >= 15 is 0 Å². The summed E-state index contributed by atoms with van der Waals surface area (Å²) < 4.78 is 0. The highest BCUT2D eigenvalue weighted by Gasteiger charge is 2.32. The van der Waals surface area contributed by atoms with Gasteiger partial charge in [-0.2, -0.15) is 5.26 Å². The Morgan fingerprint density at radius 3 is 2.57 bits per heavy atom. The van der Waals surface area contributed by atoms with Crippen molar-refractivity contribution in [2.75, 3.05) is 13.6 Å². The van der Waals surface area contributed by atoms with Gasteiger partial charge in [0.25, 0.3) is 0 Å². The molecule has 0 radical (unpaired) electrons. The van der Waals surface area contributed by atoms with E-state index in [1.807, 2.05) is 42.5 Å². The molecule has 2 atom stereocenters. The maximum absolute atomic E-state index is 12.6. The molecule has 1 unspecified atom stereocenters. The van der Waals surface area contributed by atoms with E-state index in [1.54, 1.807) is 13.1 Å². The molecule has 28 heavy (non-hydrogen) atoms. The third-order valence-corrected chi connectivity index (χ3v) is 5.20. The average molecular weight is 377 g/mol. The molecule has 0 bridgehead atoms. The van der Waals surface area contributed by atoms with Gasteiger partial charge in [0.15, 0.2) is 0 Å². The number of rotatable bonds is 6. The number of nitriles is 1. The van der Waals surface area contributed by atoms with Gasteiger partial charge < -0.3 is 15.3 Å². The van der Waals surface area contributed by atoms with Crippen molar-refractivity contribution in [3.63, 3.8) is 0 Å². The van der Waals surface area contributed by atoms with Gasteiger partial charge in [-0.25, -0.2) is 4.79 Å². The zero-order valence-corrected chi connectivity index (χ0v) is 15.8. The molecule has 144 valence electrons. The summed E-state index contributed by atoms with van der Waals surface area (Å²) in [5.74, 6) is -1.20. The van der Waals surface area contributed by atoms with Gasteiger partial charge in [-0.15, -0.1) is 0 Å². The van der Waals surface area contributed by atoms with Crippen LogP contribution in [-0.2, 0) is 16.0 Å². The summed E-state index contributed by atoms with van der Waals surface area (Å²) in [5.41, 5.74) is 3.15. The number of aliphatic carboxylic acids is 1. The lowest BCUT2D eigenvalue weighted by atomic mass is 9.97. The third kappa shape index (κ3) is 4.21. The number of benzene rings is 2. The van der Waals surface area contributed by atoms with Crippen LogP contribution in [0.5, 0.6) is 0 Å². The number of amides is 1. The largest absolute Gasteiger partial charge is 0.480 e. The maximum atomic E-state index is 12.6. The molecule has 0 spiro atoms. The van der Waals surface area contributed by atoms with Gasteiger partial charge in [0, 0.05) is 13.5 Å². The molecule has 0 aliphatic carbocycles. The molecule has 1 aliphatic rings. The van der Waals surface area contributed by atoms with Crippen LogP contribution in [-0.4, -0.2) is 47.6 Å². The molecule has 1 amide bonds. The molecule has 0 saturated carbocycles. The van der Waals surface area contributed by atoms with E-state index in [-0.39, 0.29) is 18.4 Å². The van der Waals surface area contributed by atoms with E-state index in [4.69, 9.17) is 0 Å². The number of carboxylic acids is 1. The Hall–Kier alpha value is -3.17. The van der Waals surface area contributed by atoms with Crippen molar-refractivity contribution in [1.82, 2.24) is 10.2 Å². The van der Waals surface area contributed by atoms with Crippen molar-refractivity contribution in [1.29, 1.82) is 5.26 Å². The van der Waals surface area contributed by atoms with Crippen LogP contribution in [0.3, 0.4) is 0 Å². The Labute approximate surface area is 164 Å². The zero-order chi connectivity index (χ0) is 20.1. The van der Waals surface area contributed by atoms with E-state index in [2.05, 4.69) is 11.4 Å².